The number of aliphatic hydroxyl groups is 1. The lowest BCUT2D eigenvalue weighted by molar-refractivity contribution is 0.164. The molecule has 0 bridgehead atoms. The lowest BCUT2D eigenvalue weighted by Crippen LogP contribution is -2.43. The third-order valence-electron chi connectivity index (χ3n) is 4.46. The second-order valence-corrected chi connectivity index (χ2v) is 5.95. The van der Waals surface area contributed by atoms with Gasteiger partial charge in [0.1, 0.15) is 0 Å². The number of aryl methyl sites for hydroxylation is 1. The minimum atomic E-state index is -0.304. The van der Waals surface area contributed by atoms with Crippen molar-refractivity contribution in [3.8, 4) is 0 Å². The molecule has 1 heterocycles. The number of aliphatic hydroxyl groups excluding tert-OH is 1. The van der Waals surface area contributed by atoms with Crippen LogP contribution in [0.25, 0.3) is 0 Å². The van der Waals surface area contributed by atoms with E-state index < -0.39 is 0 Å². The van der Waals surface area contributed by atoms with Crippen molar-refractivity contribution < 1.29 is 5.11 Å². The highest BCUT2D eigenvalue weighted by molar-refractivity contribution is 5.58. The molecule has 0 saturated heterocycles. The lowest BCUT2D eigenvalue weighted by Gasteiger charge is -2.38. The Hall–Kier alpha value is -1.06. The fraction of sp³-hybridized carbons (Fsp3) is 0.647. The molecule has 0 radical (unpaired) electrons. The van der Waals surface area contributed by atoms with Gasteiger partial charge in [-0.25, -0.2) is 0 Å². The molecule has 3 heteroatoms. The largest absolute Gasteiger partial charge is 0.391 e. The number of fused-ring (bicyclic) bond motifs is 1. The van der Waals surface area contributed by atoms with Gasteiger partial charge in [-0.2, -0.15) is 0 Å². The Bertz CT molecular complexity index is 445. The van der Waals surface area contributed by atoms with Crippen molar-refractivity contribution in [1.82, 2.24) is 5.32 Å². The molecule has 3 nitrogen and oxygen atoms in total. The minimum absolute atomic E-state index is 0.172. The fourth-order valence-electron chi connectivity index (χ4n) is 3.02. The highest BCUT2D eigenvalue weighted by atomic mass is 16.3. The Labute approximate surface area is 123 Å². The first kappa shape index (κ1) is 15.3. The summed E-state index contributed by atoms with van der Waals surface area (Å²) >= 11 is 0. The first-order chi connectivity index (χ1) is 9.54. The van der Waals surface area contributed by atoms with Gasteiger partial charge in [-0.05, 0) is 57.4 Å². The van der Waals surface area contributed by atoms with Crippen molar-refractivity contribution >= 4 is 5.69 Å². The molecule has 2 rings (SSSR count). The Morgan fingerprint density at radius 2 is 2.05 bits per heavy atom. The van der Waals surface area contributed by atoms with Crippen LogP contribution in [-0.2, 0) is 6.42 Å². The van der Waals surface area contributed by atoms with E-state index in [2.05, 4.69) is 49.2 Å². The molecule has 3 atom stereocenters. The average molecular weight is 276 g/mol. The number of hydrogen-bond donors (Lipinski definition) is 2. The quantitative estimate of drug-likeness (QED) is 0.868. The molecule has 0 spiro atoms. The second kappa shape index (κ2) is 6.59. The van der Waals surface area contributed by atoms with E-state index in [0.29, 0.717) is 6.04 Å². The number of hydrogen-bond acceptors (Lipinski definition) is 3. The summed E-state index contributed by atoms with van der Waals surface area (Å²) in [7, 11) is 0. The van der Waals surface area contributed by atoms with Crippen molar-refractivity contribution in [2.75, 3.05) is 18.0 Å². The summed E-state index contributed by atoms with van der Waals surface area (Å²) in [6, 6.07) is 7.36. The van der Waals surface area contributed by atoms with Crippen molar-refractivity contribution in [2.45, 2.75) is 58.7 Å². The van der Waals surface area contributed by atoms with Crippen LogP contribution in [0.1, 0.15) is 51.3 Å². The zero-order valence-electron chi connectivity index (χ0n) is 13.2. The molecule has 1 aliphatic heterocycles. The van der Waals surface area contributed by atoms with Crippen LogP contribution in [0.15, 0.2) is 18.2 Å². The van der Waals surface area contributed by atoms with Gasteiger partial charge in [0.05, 0.1) is 12.1 Å². The van der Waals surface area contributed by atoms with Crippen LogP contribution in [-0.4, -0.2) is 30.3 Å². The van der Waals surface area contributed by atoms with Crippen molar-refractivity contribution in [3.05, 3.63) is 29.3 Å². The predicted molar refractivity (Wildman–Crippen MR) is 85.3 cm³/mol. The Morgan fingerprint density at radius 3 is 2.70 bits per heavy atom. The van der Waals surface area contributed by atoms with Crippen LogP contribution >= 0.6 is 0 Å². The van der Waals surface area contributed by atoms with E-state index in [4.69, 9.17) is 0 Å². The van der Waals surface area contributed by atoms with Gasteiger partial charge in [0.15, 0.2) is 0 Å². The SMILES string of the molecule is CCNC(C)c1ccc2c(c1)CCCN2C(C)C(C)O. The second-order valence-electron chi connectivity index (χ2n) is 5.95. The third kappa shape index (κ3) is 3.15. The van der Waals surface area contributed by atoms with E-state index in [0.717, 1.165) is 19.5 Å². The van der Waals surface area contributed by atoms with E-state index >= 15 is 0 Å². The smallest absolute Gasteiger partial charge is 0.0712 e. The summed E-state index contributed by atoms with van der Waals surface area (Å²) in [5.74, 6) is 0. The van der Waals surface area contributed by atoms with Gasteiger partial charge in [-0.3, -0.25) is 0 Å². The van der Waals surface area contributed by atoms with Crippen LogP contribution in [0, 0.1) is 0 Å². The molecule has 112 valence electrons. The molecule has 0 aromatic heterocycles. The van der Waals surface area contributed by atoms with Crippen LogP contribution in [0.5, 0.6) is 0 Å². The molecule has 0 fully saturated rings. The van der Waals surface area contributed by atoms with Gasteiger partial charge in [-0.15, -0.1) is 0 Å². The van der Waals surface area contributed by atoms with Gasteiger partial charge in [-0.1, -0.05) is 19.1 Å². The van der Waals surface area contributed by atoms with E-state index in [1.807, 2.05) is 6.92 Å². The number of rotatable bonds is 5. The summed E-state index contributed by atoms with van der Waals surface area (Å²) in [5, 5.41) is 13.3. The maximum atomic E-state index is 9.86. The standard InChI is InChI=1S/C17H28N2O/c1-5-18-12(2)15-8-9-17-16(11-15)7-6-10-19(17)13(3)14(4)20/h8-9,11-14,18,20H,5-7,10H2,1-4H3. The van der Waals surface area contributed by atoms with Crippen LogP contribution in [0.2, 0.25) is 0 Å². The van der Waals surface area contributed by atoms with Gasteiger partial charge in [0.25, 0.3) is 0 Å². The monoisotopic (exact) mass is 276 g/mol. The summed E-state index contributed by atoms with van der Waals surface area (Å²) < 4.78 is 0. The summed E-state index contributed by atoms with van der Waals surface area (Å²) in [5.41, 5.74) is 4.08. The van der Waals surface area contributed by atoms with E-state index in [-0.39, 0.29) is 12.1 Å². The van der Waals surface area contributed by atoms with E-state index in [9.17, 15) is 5.11 Å². The molecule has 1 aliphatic rings. The Balaban J connectivity index is 2.26. The van der Waals surface area contributed by atoms with Crippen LogP contribution in [0.4, 0.5) is 5.69 Å². The van der Waals surface area contributed by atoms with E-state index in [1.165, 1.54) is 23.2 Å². The molecule has 1 aromatic carbocycles. The molecule has 1 aromatic rings. The van der Waals surface area contributed by atoms with Gasteiger partial charge < -0.3 is 15.3 Å². The van der Waals surface area contributed by atoms with Gasteiger partial charge >= 0.3 is 0 Å². The third-order valence-corrected chi connectivity index (χ3v) is 4.46. The molecular weight excluding hydrogens is 248 g/mol. The molecule has 20 heavy (non-hydrogen) atoms. The zero-order chi connectivity index (χ0) is 14.7. The molecule has 0 saturated carbocycles. The van der Waals surface area contributed by atoms with Crippen molar-refractivity contribution in [2.24, 2.45) is 0 Å². The highest BCUT2D eigenvalue weighted by Gasteiger charge is 2.24. The summed E-state index contributed by atoms with van der Waals surface area (Å²) in [4.78, 5) is 2.35. The van der Waals surface area contributed by atoms with Gasteiger partial charge in [0.2, 0.25) is 0 Å². The first-order valence-electron chi connectivity index (χ1n) is 7.85. The van der Waals surface area contributed by atoms with E-state index in [1.54, 1.807) is 0 Å². The number of nitrogens with one attached hydrogen (secondary N) is 1. The predicted octanol–water partition coefficient (Wildman–Crippen LogP) is 2.88. The maximum absolute atomic E-state index is 9.86. The highest BCUT2D eigenvalue weighted by Crippen LogP contribution is 2.31. The number of nitrogens with zero attached hydrogens (tertiary/aromatic N) is 1. The molecular formula is C17H28N2O. The van der Waals surface area contributed by atoms with Crippen molar-refractivity contribution in [3.63, 3.8) is 0 Å². The van der Waals surface area contributed by atoms with Gasteiger partial charge in [0, 0.05) is 18.3 Å². The molecule has 0 aliphatic carbocycles. The van der Waals surface area contributed by atoms with Crippen molar-refractivity contribution in [1.29, 1.82) is 0 Å². The molecule has 0 amide bonds. The average Bonchev–Trinajstić information content (AvgIpc) is 2.45. The zero-order valence-corrected chi connectivity index (χ0v) is 13.2. The molecule has 2 N–H and O–H groups in total. The van der Waals surface area contributed by atoms with Crippen LogP contribution < -0.4 is 10.2 Å². The molecule has 3 unspecified atom stereocenters. The van der Waals surface area contributed by atoms with Crippen LogP contribution in [0.3, 0.4) is 0 Å². The first-order valence-corrected chi connectivity index (χ1v) is 7.85. The lowest BCUT2D eigenvalue weighted by atomic mass is 9.95. The minimum Gasteiger partial charge on any atom is -0.391 e. The topological polar surface area (TPSA) is 35.5 Å². The Kier molecular flexibility index (Phi) is 5.06. The maximum Gasteiger partial charge on any atom is 0.0712 e. The Morgan fingerprint density at radius 1 is 1.30 bits per heavy atom. The fourth-order valence-corrected chi connectivity index (χ4v) is 3.02. The normalized spacial score (nSPS) is 19.4. The summed E-state index contributed by atoms with van der Waals surface area (Å²) in [6.45, 7) is 10.4. The number of anilines is 1. The summed E-state index contributed by atoms with van der Waals surface area (Å²) in [6.07, 6.45) is 2.01. The number of benzene rings is 1.